The summed E-state index contributed by atoms with van der Waals surface area (Å²) in [6.07, 6.45) is 0. The van der Waals surface area contributed by atoms with E-state index >= 15 is 0 Å². The average Bonchev–Trinajstić information content (AvgIpc) is 2.89. The van der Waals surface area contributed by atoms with Crippen molar-refractivity contribution >= 4 is 50.7 Å². The van der Waals surface area contributed by atoms with Crippen molar-refractivity contribution in [3.05, 3.63) is 108 Å². The van der Waals surface area contributed by atoms with Gasteiger partial charge in [-0.3, -0.25) is 9.10 Å². The zero-order valence-corrected chi connectivity index (χ0v) is 22.6. The lowest BCUT2D eigenvalue weighted by Crippen LogP contribution is -2.38. The first-order chi connectivity index (χ1) is 17.8. The van der Waals surface area contributed by atoms with Crippen LogP contribution in [0.3, 0.4) is 0 Å². The van der Waals surface area contributed by atoms with Gasteiger partial charge in [-0.15, -0.1) is 0 Å². The molecule has 0 saturated carbocycles. The Morgan fingerprint density at radius 1 is 0.946 bits per heavy atom. The highest BCUT2D eigenvalue weighted by molar-refractivity contribution is 7.99. The predicted molar refractivity (Wildman–Crippen MR) is 149 cm³/mol. The maximum absolute atomic E-state index is 13.8. The lowest BCUT2D eigenvalue weighted by Gasteiger charge is -2.26. The van der Waals surface area contributed by atoms with Crippen LogP contribution in [-0.4, -0.2) is 28.0 Å². The van der Waals surface area contributed by atoms with Crippen LogP contribution in [0.5, 0.6) is 5.75 Å². The summed E-state index contributed by atoms with van der Waals surface area (Å²) in [6, 6.07) is 28.2. The van der Waals surface area contributed by atoms with E-state index in [1.54, 1.807) is 30.3 Å². The summed E-state index contributed by atoms with van der Waals surface area (Å²) in [5.74, 6) is -0.244. The van der Waals surface area contributed by atoms with Crippen LogP contribution in [0, 0.1) is 6.92 Å². The first-order valence-corrected chi connectivity index (χ1v) is 14.0. The monoisotopic (exact) mass is 552 g/mol. The van der Waals surface area contributed by atoms with E-state index in [4.69, 9.17) is 16.3 Å². The molecule has 0 fully saturated rings. The Kier molecular flexibility index (Phi) is 8.43. The van der Waals surface area contributed by atoms with Crippen LogP contribution in [0.2, 0.25) is 5.02 Å². The second-order valence-electron chi connectivity index (χ2n) is 8.10. The molecule has 37 heavy (non-hydrogen) atoms. The number of methoxy groups -OCH3 is 1. The molecule has 0 aliphatic rings. The van der Waals surface area contributed by atoms with E-state index in [2.05, 4.69) is 5.32 Å². The molecule has 0 saturated heterocycles. The van der Waals surface area contributed by atoms with Crippen LogP contribution in [0.15, 0.2) is 112 Å². The molecule has 0 aliphatic heterocycles. The van der Waals surface area contributed by atoms with Gasteiger partial charge in [-0.1, -0.05) is 71.4 Å². The molecule has 1 amide bonds. The van der Waals surface area contributed by atoms with Crippen LogP contribution in [-0.2, 0) is 14.8 Å². The number of ether oxygens (including phenoxy) is 1. The van der Waals surface area contributed by atoms with Crippen LogP contribution < -0.4 is 14.4 Å². The number of sulfonamides is 1. The molecule has 9 heteroatoms. The van der Waals surface area contributed by atoms with E-state index in [0.29, 0.717) is 10.7 Å². The summed E-state index contributed by atoms with van der Waals surface area (Å²) >= 11 is 7.72. The Hall–Kier alpha value is -3.46. The number of aryl methyl sites for hydroxylation is 1. The highest BCUT2D eigenvalue weighted by Gasteiger charge is 2.30. The fourth-order valence-corrected chi connectivity index (χ4v) is 6.10. The second-order valence-corrected chi connectivity index (χ2v) is 11.5. The van der Waals surface area contributed by atoms with E-state index < -0.39 is 22.5 Å². The van der Waals surface area contributed by atoms with E-state index in [0.717, 1.165) is 19.7 Å². The topological polar surface area (TPSA) is 75.7 Å². The molecule has 0 aliphatic carbocycles. The molecular formula is C28H25ClN2O4S2. The van der Waals surface area contributed by atoms with Crippen molar-refractivity contribution in [1.29, 1.82) is 0 Å². The molecule has 0 aromatic heterocycles. The van der Waals surface area contributed by atoms with Crippen LogP contribution in [0.1, 0.15) is 5.56 Å². The standard InChI is InChI=1S/C28H25ClN2O4S2/c1-20-12-15-23(16-13-20)37(33,34)31(25-18-21(29)14-17-26(25)35-2)19-28(32)30-24-10-6-7-11-27(24)36-22-8-4-3-5-9-22/h3-18H,19H2,1-2H3,(H,30,32). The molecular weight excluding hydrogens is 528 g/mol. The van der Waals surface area contributed by atoms with Gasteiger partial charge < -0.3 is 10.1 Å². The minimum atomic E-state index is -4.14. The number of amides is 1. The number of nitrogens with one attached hydrogen (secondary N) is 1. The lowest BCUT2D eigenvalue weighted by atomic mass is 10.2. The molecule has 0 radical (unpaired) electrons. The fourth-order valence-electron chi connectivity index (χ4n) is 3.59. The zero-order valence-electron chi connectivity index (χ0n) is 20.2. The summed E-state index contributed by atoms with van der Waals surface area (Å²) in [4.78, 5) is 15.2. The van der Waals surface area contributed by atoms with Gasteiger partial charge in [0.05, 0.1) is 23.4 Å². The summed E-state index contributed by atoms with van der Waals surface area (Å²) in [7, 11) is -2.71. The number of carbonyl (C=O) groups is 1. The molecule has 4 aromatic rings. The number of benzene rings is 4. The number of rotatable bonds is 9. The predicted octanol–water partition coefficient (Wildman–Crippen LogP) is 6.64. The van der Waals surface area contributed by atoms with Crippen LogP contribution >= 0.6 is 23.4 Å². The normalized spacial score (nSPS) is 11.1. The van der Waals surface area contributed by atoms with Crippen LogP contribution in [0.4, 0.5) is 11.4 Å². The Bertz CT molecular complexity index is 1490. The van der Waals surface area contributed by atoms with Gasteiger partial charge in [-0.25, -0.2) is 8.42 Å². The molecule has 0 heterocycles. The van der Waals surface area contributed by atoms with Crippen molar-refractivity contribution in [1.82, 2.24) is 0 Å². The first kappa shape index (κ1) is 26.6. The number of carbonyl (C=O) groups excluding carboxylic acids is 1. The van der Waals surface area contributed by atoms with Crippen molar-refractivity contribution in [2.75, 3.05) is 23.3 Å². The largest absolute Gasteiger partial charge is 0.495 e. The Morgan fingerprint density at radius 2 is 1.62 bits per heavy atom. The van der Waals surface area contributed by atoms with E-state index in [9.17, 15) is 13.2 Å². The molecule has 6 nitrogen and oxygen atoms in total. The van der Waals surface area contributed by atoms with Gasteiger partial charge in [0, 0.05) is 14.8 Å². The van der Waals surface area contributed by atoms with Crippen LogP contribution in [0.25, 0.3) is 0 Å². The van der Waals surface area contributed by atoms with Gasteiger partial charge in [0.25, 0.3) is 10.0 Å². The van der Waals surface area contributed by atoms with Crippen molar-refractivity contribution in [2.45, 2.75) is 21.6 Å². The third-order valence-corrected chi connectivity index (χ3v) is 8.53. The number of hydrogen-bond donors (Lipinski definition) is 1. The average molecular weight is 553 g/mol. The molecule has 0 spiro atoms. The van der Waals surface area contributed by atoms with E-state index in [1.807, 2.05) is 55.5 Å². The van der Waals surface area contributed by atoms with Gasteiger partial charge in [-0.05, 0) is 61.5 Å². The highest BCUT2D eigenvalue weighted by Crippen LogP contribution is 2.36. The Balaban J connectivity index is 1.68. The fraction of sp³-hybridized carbons (Fsp3) is 0.107. The maximum atomic E-state index is 13.8. The number of anilines is 2. The molecule has 0 unspecified atom stereocenters. The second kappa shape index (κ2) is 11.7. The summed E-state index contributed by atoms with van der Waals surface area (Å²) in [5.41, 5.74) is 1.65. The molecule has 190 valence electrons. The molecule has 4 aromatic carbocycles. The van der Waals surface area contributed by atoms with Gasteiger partial charge >= 0.3 is 0 Å². The number of halogens is 1. The molecule has 1 N–H and O–H groups in total. The third-order valence-electron chi connectivity index (χ3n) is 5.44. The van der Waals surface area contributed by atoms with Crippen molar-refractivity contribution in [2.24, 2.45) is 0 Å². The van der Waals surface area contributed by atoms with Gasteiger partial charge in [0.1, 0.15) is 12.3 Å². The Labute approximate surface area is 226 Å². The molecule has 0 atom stereocenters. The van der Waals surface area contributed by atoms with Gasteiger partial charge in [-0.2, -0.15) is 0 Å². The van der Waals surface area contributed by atoms with E-state index in [1.165, 1.54) is 37.1 Å². The minimum absolute atomic E-state index is 0.0490. The van der Waals surface area contributed by atoms with Crippen molar-refractivity contribution < 1.29 is 17.9 Å². The number of para-hydroxylation sites is 1. The summed E-state index contributed by atoms with van der Waals surface area (Å²) in [5, 5.41) is 3.19. The maximum Gasteiger partial charge on any atom is 0.264 e. The highest BCUT2D eigenvalue weighted by atomic mass is 35.5. The van der Waals surface area contributed by atoms with Gasteiger partial charge in [0.15, 0.2) is 0 Å². The quantitative estimate of drug-likeness (QED) is 0.252. The third kappa shape index (κ3) is 6.46. The number of hydrogen-bond acceptors (Lipinski definition) is 5. The SMILES string of the molecule is COc1ccc(Cl)cc1N(CC(=O)Nc1ccccc1Sc1ccccc1)S(=O)(=O)c1ccc(C)cc1. The minimum Gasteiger partial charge on any atom is -0.495 e. The Morgan fingerprint density at radius 3 is 2.32 bits per heavy atom. The van der Waals surface area contributed by atoms with E-state index in [-0.39, 0.29) is 16.3 Å². The summed E-state index contributed by atoms with van der Waals surface area (Å²) < 4.78 is 34.0. The summed E-state index contributed by atoms with van der Waals surface area (Å²) in [6.45, 7) is 1.38. The smallest absolute Gasteiger partial charge is 0.264 e. The van der Waals surface area contributed by atoms with Crippen molar-refractivity contribution in [3.8, 4) is 5.75 Å². The number of nitrogens with zero attached hydrogens (tertiary/aromatic N) is 1. The van der Waals surface area contributed by atoms with Crippen molar-refractivity contribution in [3.63, 3.8) is 0 Å². The molecule has 0 bridgehead atoms. The van der Waals surface area contributed by atoms with Gasteiger partial charge in [0.2, 0.25) is 5.91 Å². The zero-order chi connectivity index (χ0) is 26.4. The molecule has 4 rings (SSSR count). The first-order valence-electron chi connectivity index (χ1n) is 11.3. The lowest BCUT2D eigenvalue weighted by molar-refractivity contribution is -0.114.